The van der Waals surface area contributed by atoms with Crippen LogP contribution in [0.25, 0.3) is 0 Å². The van der Waals surface area contributed by atoms with Crippen molar-refractivity contribution in [3.8, 4) is 17.2 Å². The zero-order valence-electron chi connectivity index (χ0n) is 9.64. The van der Waals surface area contributed by atoms with Crippen molar-refractivity contribution in [2.75, 3.05) is 14.2 Å². The zero-order chi connectivity index (χ0) is 13.0. The highest BCUT2D eigenvalue weighted by atomic mass is 16.5. The number of aromatic hydroxyl groups is 2. The Morgan fingerprint density at radius 2 is 2.06 bits per heavy atom. The van der Waals surface area contributed by atoms with Crippen molar-refractivity contribution in [3.63, 3.8) is 0 Å². The maximum Gasteiger partial charge on any atom is 0.322 e. The molecular formula is C11H15NO5. The second-order valence-corrected chi connectivity index (χ2v) is 3.50. The van der Waals surface area contributed by atoms with Gasteiger partial charge in [-0.3, -0.25) is 4.79 Å². The van der Waals surface area contributed by atoms with Gasteiger partial charge in [0.25, 0.3) is 0 Å². The lowest BCUT2D eigenvalue weighted by atomic mass is 10.1. The van der Waals surface area contributed by atoms with Crippen molar-refractivity contribution in [1.29, 1.82) is 0 Å². The molecule has 6 nitrogen and oxygen atoms in total. The Balaban J connectivity index is 2.92. The summed E-state index contributed by atoms with van der Waals surface area (Å²) in [6, 6.07) is 1.99. The van der Waals surface area contributed by atoms with Crippen molar-refractivity contribution in [2.45, 2.75) is 12.5 Å². The van der Waals surface area contributed by atoms with Gasteiger partial charge in [-0.2, -0.15) is 0 Å². The number of benzene rings is 1. The number of hydrogen-bond acceptors (Lipinski definition) is 6. The summed E-state index contributed by atoms with van der Waals surface area (Å²) in [7, 11) is 2.61. The third-order valence-corrected chi connectivity index (χ3v) is 2.29. The quantitative estimate of drug-likeness (QED) is 0.512. The first-order chi connectivity index (χ1) is 7.99. The molecule has 0 bridgehead atoms. The van der Waals surface area contributed by atoms with E-state index in [1.165, 1.54) is 26.4 Å². The van der Waals surface area contributed by atoms with E-state index in [2.05, 4.69) is 4.74 Å². The molecular weight excluding hydrogens is 226 g/mol. The van der Waals surface area contributed by atoms with E-state index in [-0.39, 0.29) is 23.7 Å². The molecule has 1 unspecified atom stereocenters. The first-order valence-electron chi connectivity index (χ1n) is 4.91. The summed E-state index contributed by atoms with van der Waals surface area (Å²) in [4.78, 5) is 11.1. The third-order valence-electron chi connectivity index (χ3n) is 2.29. The molecule has 0 saturated heterocycles. The number of hydrogen-bond donors (Lipinski definition) is 3. The maximum atomic E-state index is 11.1. The Kier molecular flexibility index (Phi) is 4.17. The van der Waals surface area contributed by atoms with Crippen LogP contribution < -0.4 is 10.5 Å². The molecule has 0 aliphatic rings. The van der Waals surface area contributed by atoms with Gasteiger partial charge in [-0.25, -0.2) is 0 Å². The van der Waals surface area contributed by atoms with Gasteiger partial charge in [0.05, 0.1) is 14.2 Å². The van der Waals surface area contributed by atoms with Gasteiger partial charge >= 0.3 is 5.97 Å². The second kappa shape index (κ2) is 5.40. The molecule has 1 rings (SSSR count). The summed E-state index contributed by atoms with van der Waals surface area (Å²) < 4.78 is 9.36. The van der Waals surface area contributed by atoms with Crippen molar-refractivity contribution in [3.05, 3.63) is 17.7 Å². The zero-order valence-corrected chi connectivity index (χ0v) is 9.64. The van der Waals surface area contributed by atoms with Crippen LogP contribution in [0.2, 0.25) is 0 Å². The monoisotopic (exact) mass is 241 g/mol. The van der Waals surface area contributed by atoms with Gasteiger partial charge < -0.3 is 25.4 Å². The fourth-order valence-corrected chi connectivity index (χ4v) is 1.41. The number of nitrogens with two attached hydrogens (primary N) is 1. The molecule has 6 heteroatoms. The smallest absolute Gasteiger partial charge is 0.322 e. The highest BCUT2D eigenvalue weighted by Gasteiger charge is 2.17. The van der Waals surface area contributed by atoms with E-state index in [1.807, 2.05) is 0 Å². The van der Waals surface area contributed by atoms with E-state index in [0.29, 0.717) is 5.56 Å². The van der Waals surface area contributed by atoms with Crippen LogP contribution in [0.15, 0.2) is 12.1 Å². The number of esters is 1. The first-order valence-corrected chi connectivity index (χ1v) is 4.91. The summed E-state index contributed by atoms with van der Waals surface area (Å²) in [5.41, 5.74) is 6.14. The molecule has 0 aliphatic heterocycles. The number of carbonyl (C=O) groups excluding carboxylic acids is 1. The van der Waals surface area contributed by atoms with Gasteiger partial charge in [0.2, 0.25) is 5.75 Å². The largest absolute Gasteiger partial charge is 0.504 e. The van der Waals surface area contributed by atoms with Gasteiger partial charge in [0.1, 0.15) is 6.04 Å². The average Bonchev–Trinajstić information content (AvgIpc) is 2.32. The molecule has 0 aromatic heterocycles. The van der Waals surface area contributed by atoms with E-state index in [4.69, 9.17) is 10.5 Å². The number of methoxy groups -OCH3 is 2. The molecule has 0 amide bonds. The lowest BCUT2D eigenvalue weighted by Gasteiger charge is -2.12. The number of phenols is 2. The van der Waals surface area contributed by atoms with Crippen molar-refractivity contribution < 1.29 is 24.5 Å². The molecule has 17 heavy (non-hydrogen) atoms. The number of carbonyl (C=O) groups is 1. The Morgan fingerprint density at radius 1 is 1.41 bits per heavy atom. The SMILES string of the molecule is COC(=O)C(N)Cc1cc(O)c(O)c(OC)c1. The summed E-state index contributed by atoms with van der Waals surface area (Å²) in [5, 5.41) is 18.8. The molecule has 0 saturated carbocycles. The van der Waals surface area contributed by atoms with Crippen molar-refractivity contribution in [1.82, 2.24) is 0 Å². The molecule has 0 spiro atoms. The summed E-state index contributed by atoms with van der Waals surface area (Å²) >= 11 is 0. The molecule has 94 valence electrons. The summed E-state index contributed by atoms with van der Waals surface area (Å²) in [6.45, 7) is 0. The number of ether oxygens (including phenoxy) is 2. The van der Waals surface area contributed by atoms with Crippen LogP contribution in [-0.4, -0.2) is 36.4 Å². The minimum Gasteiger partial charge on any atom is -0.504 e. The Labute approximate surface area is 98.6 Å². The first kappa shape index (κ1) is 13.1. The van der Waals surface area contributed by atoms with Gasteiger partial charge in [0.15, 0.2) is 11.5 Å². The van der Waals surface area contributed by atoms with Crippen LogP contribution in [0.5, 0.6) is 17.2 Å². The van der Waals surface area contributed by atoms with Gasteiger partial charge in [-0.1, -0.05) is 0 Å². The average molecular weight is 241 g/mol. The highest BCUT2D eigenvalue weighted by molar-refractivity contribution is 5.75. The normalized spacial score (nSPS) is 11.9. The van der Waals surface area contributed by atoms with Gasteiger partial charge in [-0.05, 0) is 24.1 Å². The molecule has 0 radical (unpaired) electrons. The second-order valence-electron chi connectivity index (χ2n) is 3.50. The van der Waals surface area contributed by atoms with Crippen molar-refractivity contribution in [2.24, 2.45) is 5.73 Å². The molecule has 0 aliphatic carbocycles. The van der Waals surface area contributed by atoms with Crippen LogP contribution in [-0.2, 0) is 16.0 Å². The third kappa shape index (κ3) is 3.01. The Hall–Kier alpha value is -1.95. The van der Waals surface area contributed by atoms with Gasteiger partial charge in [-0.15, -0.1) is 0 Å². The summed E-state index contributed by atoms with van der Waals surface area (Å²) in [6.07, 6.45) is 0.177. The lowest BCUT2D eigenvalue weighted by molar-refractivity contribution is -0.142. The van der Waals surface area contributed by atoms with E-state index >= 15 is 0 Å². The molecule has 1 aromatic rings. The van der Waals surface area contributed by atoms with Crippen LogP contribution in [0.4, 0.5) is 0 Å². The molecule has 0 fully saturated rings. The maximum absolute atomic E-state index is 11.1. The highest BCUT2D eigenvalue weighted by Crippen LogP contribution is 2.36. The van der Waals surface area contributed by atoms with Crippen molar-refractivity contribution >= 4 is 5.97 Å². The Morgan fingerprint density at radius 3 is 2.59 bits per heavy atom. The van der Waals surface area contributed by atoms with Gasteiger partial charge in [0, 0.05) is 0 Å². The topological polar surface area (TPSA) is 102 Å². The van der Waals surface area contributed by atoms with E-state index in [9.17, 15) is 15.0 Å². The molecule has 1 atom stereocenters. The minimum atomic E-state index is -0.825. The number of phenolic OH excluding ortho intramolecular Hbond substituents is 2. The minimum absolute atomic E-state index is 0.122. The predicted molar refractivity (Wildman–Crippen MR) is 60.0 cm³/mol. The molecule has 1 aromatic carbocycles. The fraction of sp³-hybridized carbons (Fsp3) is 0.364. The van der Waals surface area contributed by atoms with E-state index in [1.54, 1.807) is 0 Å². The van der Waals surface area contributed by atoms with Crippen LogP contribution >= 0.6 is 0 Å². The molecule has 4 N–H and O–H groups in total. The standard InChI is InChI=1S/C11H15NO5/c1-16-9-5-6(4-8(13)10(9)14)3-7(12)11(15)17-2/h4-5,7,13-14H,3,12H2,1-2H3. The Bertz CT molecular complexity index is 419. The van der Waals surface area contributed by atoms with Crippen LogP contribution in [0.1, 0.15) is 5.56 Å². The molecule has 0 heterocycles. The summed E-state index contributed by atoms with van der Waals surface area (Å²) in [5.74, 6) is -1.09. The predicted octanol–water partition coefficient (Wildman–Crippen LogP) is 0.149. The fourth-order valence-electron chi connectivity index (χ4n) is 1.41. The number of rotatable bonds is 4. The van der Waals surface area contributed by atoms with E-state index < -0.39 is 12.0 Å². The lowest BCUT2D eigenvalue weighted by Crippen LogP contribution is -2.33. The van der Waals surface area contributed by atoms with E-state index in [0.717, 1.165) is 0 Å². The van der Waals surface area contributed by atoms with Crippen LogP contribution in [0.3, 0.4) is 0 Å². The van der Waals surface area contributed by atoms with Crippen LogP contribution in [0, 0.1) is 0 Å².